The predicted octanol–water partition coefficient (Wildman–Crippen LogP) is 6.19. The van der Waals surface area contributed by atoms with E-state index in [-0.39, 0.29) is 18.3 Å². The van der Waals surface area contributed by atoms with E-state index in [2.05, 4.69) is 53.1 Å². The van der Waals surface area contributed by atoms with Crippen LogP contribution in [0, 0.1) is 0 Å². The Kier molecular flexibility index (Phi) is 9.43. The van der Waals surface area contributed by atoms with Gasteiger partial charge in [-0.1, -0.05) is 53.2 Å². The fourth-order valence-electron chi connectivity index (χ4n) is 3.03. The van der Waals surface area contributed by atoms with Crippen LogP contribution < -0.4 is 4.90 Å². The van der Waals surface area contributed by atoms with Gasteiger partial charge in [-0.3, -0.25) is 9.69 Å². The highest BCUT2D eigenvalue weighted by Gasteiger charge is 2.22. The van der Waals surface area contributed by atoms with Gasteiger partial charge in [0.2, 0.25) is 0 Å². The summed E-state index contributed by atoms with van der Waals surface area (Å²) in [6.07, 6.45) is 2.05. The van der Waals surface area contributed by atoms with Gasteiger partial charge in [0.15, 0.2) is 5.13 Å². The lowest BCUT2D eigenvalue weighted by atomic mass is 10.2. The number of hydrogen-bond acceptors (Lipinski definition) is 5. The first-order valence-electron chi connectivity index (χ1n) is 9.30. The number of carbonyl (C=O) groups excluding carboxylic acids is 1. The summed E-state index contributed by atoms with van der Waals surface area (Å²) < 4.78 is 2.01. The van der Waals surface area contributed by atoms with Crippen LogP contribution in [0.1, 0.15) is 24.2 Å². The van der Waals surface area contributed by atoms with Crippen LogP contribution in [-0.2, 0) is 0 Å². The summed E-state index contributed by atoms with van der Waals surface area (Å²) in [5.41, 5.74) is 1.64. The second-order valence-corrected chi connectivity index (χ2v) is 9.07. The number of hydrogen-bond donors (Lipinski definition) is 0. The Morgan fingerprint density at radius 1 is 1.14 bits per heavy atom. The molecule has 1 amide bonds. The van der Waals surface area contributed by atoms with Crippen LogP contribution in [0.15, 0.2) is 51.8 Å². The molecule has 0 aliphatic heterocycles. The summed E-state index contributed by atoms with van der Waals surface area (Å²) in [6, 6.07) is 13.7. The summed E-state index contributed by atoms with van der Waals surface area (Å²) >= 11 is 6.73. The van der Waals surface area contributed by atoms with Crippen molar-refractivity contribution < 1.29 is 4.79 Å². The average molecular weight is 515 g/mol. The lowest BCUT2D eigenvalue weighted by Crippen LogP contribution is -2.38. The number of nitrogens with zero attached hydrogens (tertiary/aromatic N) is 3. The molecular formula is C21H25BrClN3OS2. The van der Waals surface area contributed by atoms with Crippen molar-refractivity contribution in [1.82, 2.24) is 9.88 Å². The van der Waals surface area contributed by atoms with Crippen LogP contribution in [-0.4, -0.2) is 48.2 Å². The van der Waals surface area contributed by atoms with Gasteiger partial charge in [-0.25, -0.2) is 4.98 Å². The van der Waals surface area contributed by atoms with Gasteiger partial charge >= 0.3 is 0 Å². The maximum Gasteiger partial charge on any atom is 0.260 e. The first-order valence-corrected chi connectivity index (χ1v) is 12.1. The van der Waals surface area contributed by atoms with Crippen LogP contribution in [0.2, 0.25) is 0 Å². The first kappa shape index (κ1) is 24.2. The summed E-state index contributed by atoms with van der Waals surface area (Å²) in [7, 11) is 0. The molecule has 0 unspecified atom stereocenters. The lowest BCUT2D eigenvalue weighted by molar-refractivity contribution is 0.0983. The molecule has 0 aliphatic rings. The lowest BCUT2D eigenvalue weighted by Gasteiger charge is -2.24. The standard InChI is InChI=1S/C21H24BrN3OS2.ClH/c1-4-24(5-2)12-13-25(20(26)15-8-6-9-16(22)14-15)21-23-19-17(27-3)10-7-11-18(19)28-21;/h6-11,14H,4-5,12-13H2,1-3H3;1H. The first-order chi connectivity index (χ1) is 13.6. The third-order valence-corrected chi connectivity index (χ3v) is 6.98. The zero-order chi connectivity index (χ0) is 20.1. The zero-order valence-electron chi connectivity index (χ0n) is 16.7. The minimum atomic E-state index is -0.0155. The van der Waals surface area contributed by atoms with Crippen LogP contribution >= 0.6 is 51.4 Å². The molecule has 0 radical (unpaired) electrons. The molecule has 1 aromatic heterocycles. The molecule has 2 aromatic carbocycles. The zero-order valence-corrected chi connectivity index (χ0v) is 20.8. The van der Waals surface area contributed by atoms with E-state index in [1.165, 1.54) is 0 Å². The fraction of sp³-hybridized carbons (Fsp3) is 0.333. The third-order valence-electron chi connectivity index (χ3n) is 4.67. The Hall–Kier alpha value is -1.12. The minimum absolute atomic E-state index is 0. The van der Waals surface area contributed by atoms with E-state index in [9.17, 15) is 4.79 Å². The second-order valence-electron chi connectivity index (χ2n) is 6.30. The molecule has 0 saturated carbocycles. The highest BCUT2D eigenvalue weighted by Crippen LogP contribution is 2.34. The molecule has 0 spiro atoms. The number of anilines is 1. The van der Waals surface area contributed by atoms with Crippen molar-refractivity contribution in [3.63, 3.8) is 0 Å². The van der Waals surface area contributed by atoms with Gasteiger partial charge in [-0.15, -0.1) is 24.2 Å². The summed E-state index contributed by atoms with van der Waals surface area (Å²) in [5, 5.41) is 0.758. The maximum absolute atomic E-state index is 13.4. The number of likely N-dealkylation sites (N-methyl/N-ethyl adjacent to an activating group) is 1. The van der Waals surface area contributed by atoms with Gasteiger partial charge in [0, 0.05) is 28.0 Å². The molecule has 3 aromatic rings. The van der Waals surface area contributed by atoms with E-state index in [0.717, 1.165) is 44.4 Å². The van der Waals surface area contributed by atoms with Crippen molar-refractivity contribution in [3.05, 3.63) is 52.5 Å². The topological polar surface area (TPSA) is 36.4 Å². The quantitative estimate of drug-likeness (QED) is 0.336. The highest BCUT2D eigenvalue weighted by molar-refractivity contribution is 9.10. The van der Waals surface area contributed by atoms with Gasteiger partial charge in [0.1, 0.15) is 0 Å². The van der Waals surface area contributed by atoms with E-state index in [0.29, 0.717) is 12.1 Å². The predicted molar refractivity (Wildman–Crippen MR) is 132 cm³/mol. The van der Waals surface area contributed by atoms with Crippen molar-refractivity contribution in [1.29, 1.82) is 0 Å². The highest BCUT2D eigenvalue weighted by atomic mass is 79.9. The van der Waals surface area contributed by atoms with Gasteiger partial charge in [0.05, 0.1) is 10.2 Å². The molecule has 0 fully saturated rings. The molecule has 1 heterocycles. The monoisotopic (exact) mass is 513 g/mol. The van der Waals surface area contributed by atoms with Crippen LogP contribution in [0.25, 0.3) is 10.2 Å². The number of rotatable bonds is 8. The SMILES string of the molecule is CCN(CC)CCN(C(=O)c1cccc(Br)c1)c1nc2c(SC)cccc2s1.Cl. The van der Waals surface area contributed by atoms with Crippen LogP contribution in [0.4, 0.5) is 5.13 Å². The largest absolute Gasteiger partial charge is 0.302 e. The van der Waals surface area contributed by atoms with Crippen molar-refractivity contribution in [2.75, 3.05) is 37.3 Å². The van der Waals surface area contributed by atoms with E-state index < -0.39 is 0 Å². The van der Waals surface area contributed by atoms with Gasteiger partial charge in [0.25, 0.3) is 5.91 Å². The molecule has 8 heteroatoms. The third kappa shape index (κ3) is 5.73. The smallest absolute Gasteiger partial charge is 0.260 e. The number of thioether (sulfide) groups is 1. The van der Waals surface area contributed by atoms with E-state index >= 15 is 0 Å². The number of fused-ring (bicyclic) bond motifs is 1. The molecule has 0 N–H and O–H groups in total. The molecule has 29 heavy (non-hydrogen) atoms. The van der Waals surface area contributed by atoms with Crippen molar-refractivity contribution in [2.45, 2.75) is 18.7 Å². The molecular weight excluding hydrogens is 490 g/mol. The summed E-state index contributed by atoms with van der Waals surface area (Å²) in [6.45, 7) is 7.65. The summed E-state index contributed by atoms with van der Waals surface area (Å²) in [4.78, 5) is 23.5. The Balaban J connectivity index is 0.00000300. The number of benzene rings is 2. The number of halogens is 2. The average Bonchev–Trinajstić information content (AvgIpc) is 3.14. The van der Waals surface area contributed by atoms with Crippen molar-refractivity contribution >= 4 is 72.7 Å². The number of amides is 1. The normalized spacial score (nSPS) is 10.9. The number of thiazole rings is 1. The van der Waals surface area contributed by atoms with Gasteiger partial charge < -0.3 is 4.90 Å². The Morgan fingerprint density at radius 3 is 2.52 bits per heavy atom. The molecule has 3 rings (SSSR count). The second kappa shape index (κ2) is 11.3. The molecule has 0 atom stereocenters. The Morgan fingerprint density at radius 2 is 1.86 bits per heavy atom. The van der Waals surface area contributed by atoms with Crippen molar-refractivity contribution in [2.24, 2.45) is 0 Å². The minimum Gasteiger partial charge on any atom is -0.302 e. The van der Waals surface area contributed by atoms with Crippen LogP contribution in [0.3, 0.4) is 0 Å². The maximum atomic E-state index is 13.4. The van der Waals surface area contributed by atoms with Crippen molar-refractivity contribution in [3.8, 4) is 0 Å². The van der Waals surface area contributed by atoms with Gasteiger partial charge in [-0.05, 0) is 49.7 Å². The molecule has 0 bridgehead atoms. The van der Waals surface area contributed by atoms with E-state index in [1.807, 2.05) is 35.2 Å². The molecule has 0 saturated heterocycles. The summed E-state index contributed by atoms with van der Waals surface area (Å²) in [5.74, 6) is -0.0155. The van der Waals surface area contributed by atoms with Gasteiger partial charge in [-0.2, -0.15) is 0 Å². The Labute approximate surface area is 195 Å². The van der Waals surface area contributed by atoms with E-state index in [4.69, 9.17) is 4.98 Å². The van der Waals surface area contributed by atoms with Crippen LogP contribution in [0.5, 0.6) is 0 Å². The fourth-order valence-corrected chi connectivity index (χ4v) is 5.08. The Bertz CT molecular complexity index is 962. The molecule has 4 nitrogen and oxygen atoms in total. The number of carbonyl (C=O) groups is 1. The number of aromatic nitrogens is 1. The molecule has 156 valence electrons. The molecule has 0 aliphatic carbocycles. The number of para-hydroxylation sites is 1. The van der Waals surface area contributed by atoms with E-state index in [1.54, 1.807) is 23.1 Å².